The first-order valence-corrected chi connectivity index (χ1v) is 7.19. The Morgan fingerprint density at radius 2 is 1.79 bits per heavy atom. The van der Waals surface area contributed by atoms with E-state index in [0.717, 1.165) is 6.07 Å². The number of nitrogens with zero attached hydrogens (tertiary/aromatic N) is 1. The first-order valence-electron chi connectivity index (χ1n) is 7.19. The standard InChI is InChI=1S/C17H17F3N2O2/c1-16(2,3)24-15(23)22-14-10-11(8-9-21-14)12-6-4-5-7-13(12)17(18,19)20/h4-10H,1-3H3,(H,21,22,23). The molecule has 1 aromatic carbocycles. The Morgan fingerprint density at radius 1 is 1.12 bits per heavy atom. The molecule has 0 aliphatic heterocycles. The summed E-state index contributed by atoms with van der Waals surface area (Å²) in [5, 5.41) is 2.41. The van der Waals surface area contributed by atoms with Crippen molar-refractivity contribution in [2.75, 3.05) is 5.32 Å². The van der Waals surface area contributed by atoms with Gasteiger partial charge in [0.15, 0.2) is 0 Å². The van der Waals surface area contributed by atoms with Crippen LogP contribution in [0.4, 0.5) is 23.8 Å². The maximum Gasteiger partial charge on any atom is 0.417 e. The molecule has 4 nitrogen and oxygen atoms in total. The summed E-state index contributed by atoms with van der Waals surface area (Å²) in [4.78, 5) is 15.7. The van der Waals surface area contributed by atoms with Crippen LogP contribution in [0, 0.1) is 0 Å². The first kappa shape index (κ1) is 17.8. The van der Waals surface area contributed by atoms with Gasteiger partial charge in [0.2, 0.25) is 0 Å². The fourth-order valence-corrected chi connectivity index (χ4v) is 2.06. The summed E-state index contributed by atoms with van der Waals surface area (Å²) < 4.78 is 44.5. The number of aromatic nitrogens is 1. The van der Waals surface area contributed by atoms with Gasteiger partial charge in [-0.3, -0.25) is 5.32 Å². The van der Waals surface area contributed by atoms with Crippen LogP contribution in [0.3, 0.4) is 0 Å². The predicted molar refractivity (Wildman–Crippen MR) is 84.5 cm³/mol. The number of benzene rings is 1. The predicted octanol–water partition coefficient (Wildman–Crippen LogP) is 5.11. The third kappa shape index (κ3) is 4.71. The molecule has 0 aliphatic carbocycles. The molecule has 0 aliphatic rings. The maximum absolute atomic E-state index is 13.1. The molecule has 1 amide bonds. The number of ether oxygens (including phenoxy) is 1. The lowest BCUT2D eigenvalue weighted by atomic mass is 10.0. The number of carbonyl (C=O) groups is 1. The minimum Gasteiger partial charge on any atom is -0.444 e. The topological polar surface area (TPSA) is 51.2 Å². The Hall–Kier alpha value is -2.57. The molecule has 0 fully saturated rings. The molecule has 1 N–H and O–H groups in total. The molecule has 0 saturated heterocycles. The Labute approximate surface area is 137 Å². The highest BCUT2D eigenvalue weighted by molar-refractivity contribution is 5.85. The minimum absolute atomic E-state index is 0.0136. The summed E-state index contributed by atoms with van der Waals surface area (Å²) in [5.74, 6) is 0.110. The van der Waals surface area contributed by atoms with E-state index in [1.54, 1.807) is 20.8 Å². The summed E-state index contributed by atoms with van der Waals surface area (Å²) in [6.07, 6.45) is -3.87. The molecule has 7 heteroatoms. The van der Waals surface area contributed by atoms with Gasteiger partial charge >= 0.3 is 12.3 Å². The summed E-state index contributed by atoms with van der Waals surface area (Å²) in [7, 11) is 0. The first-order chi connectivity index (χ1) is 11.1. The third-order valence-corrected chi connectivity index (χ3v) is 2.93. The van der Waals surface area contributed by atoms with E-state index in [2.05, 4.69) is 10.3 Å². The highest BCUT2D eigenvalue weighted by Crippen LogP contribution is 2.37. The van der Waals surface area contributed by atoms with Crippen LogP contribution >= 0.6 is 0 Å². The van der Waals surface area contributed by atoms with Gasteiger partial charge in [-0.15, -0.1) is 0 Å². The van der Waals surface area contributed by atoms with Gasteiger partial charge in [-0.1, -0.05) is 18.2 Å². The second-order valence-electron chi connectivity index (χ2n) is 6.10. The number of anilines is 1. The third-order valence-electron chi connectivity index (χ3n) is 2.93. The number of halogens is 3. The Bertz CT molecular complexity index is 737. The van der Waals surface area contributed by atoms with Crippen LogP contribution in [-0.4, -0.2) is 16.7 Å². The second-order valence-corrected chi connectivity index (χ2v) is 6.10. The van der Waals surface area contributed by atoms with Gasteiger partial charge in [0.05, 0.1) is 5.56 Å². The lowest BCUT2D eigenvalue weighted by Gasteiger charge is -2.19. The van der Waals surface area contributed by atoms with Gasteiger partial charge in [-0.05, 0) is 50.1 Å². The van der Waals surface area contributed by atoms with Crippen molar-refractivity contribution in [2.45, 2.75) is 32.5 Å². The van der Waals surface area contributed by atoms with Crippen LogP contribution in [0.5, 0.6) is 0 Å². The van der Waals surface area contributed by atoms with E-state index in [0.29, 0.717) is 5.56 Å². The molecule has 0 spiro atoms. The van der Waals surface area contributed by atoms with E-state index in [4.69, 9.17) is 4.74 Å². The molecule has 0 atom stereocenters. The van der Waals surface area contributed by atoms with Crippen molar-refractivity contribution in [1.29, 1.82) is 0 Å². The van der Waals surface area contributed by atoms with Crippen LogP contribution in [0.25, 0.3) is 11.1 Å². The second kappa shape index (κ2) is 6.51. The lowest BCUT2D eigenvalue weighted by Crippen LogP contribution is -2.27. The van der Waals surface area contributed by atoms with E-state index < -0.39 is 23.4 Å². The Kier molecular flexibility index (Phi) is 4.82. The fraction of sp³-hybridized carbons (Fsp3) is 0.294. The maximum atomic E-state index is 13.1. The van der Waals surface area contributed by atoms with Crippen LogP contribution in [-0.2, 0) is 10.9 Å². The van der Waals surface area contributed by atoms with Crippen LogP contribution in [0.15, 0.2) is 42.6 Å². The number of alkyl halides is 3. The van der Waals surface area contributed by atoms with Crippen LogP contribution in [0.1, 0.15) is 26.3 Å². The van der Waals surface area contributed by atoms with Crippen molar-refractivity contribution >= 4 is 11.9 Å². The van der Waals surface area contributed by atoms with Crippen molar-refractivity contribution in [1.82, 2.24) is 4.98 Å². The average Bonchev–Trinajstić information content (AvgIpc) is 2.44. The SMILES string of the molecule is CC(C)(C)OC(=O)Nc1cc(-c2ccccc2C(F)(F)F)ccn1. The van der Waals surface area contributed by atoms with E-state index in [-0.39, 0.29) is 11.4 Å². The summed E-state index contributed by atoms with van der Waals surface area (Å²) in [5.41, 5.74) is -1.13. The zero-order chi connectivity index (χ0) is 18.0. The Balaban J connectivity index is 2.31. The Morgan fingerprint density at radius 3 is 2.42 bits per heavy atom. The number of amides is 1. The van der Waals surface area contributed by atoms with Crippen molar-refractivity contribution in [2.24, 2.45) is 0 Å². The van der Waals surface area contributed by atoms with Crippen molar-refractivity contribution < 1.29 is 22.7 Å². The van der Waals surface area contributed by atoms with Crippen molar-refractivity contribution in [3.63, 3.8) is 0 Å². The molecule has 0 radical (unpaired) electrons. The molecule has 0 unspecified atom stereocenters. The number of hydrogen-bond donors (Lipinski definition) is 1. The number of hydrogen-bond acceptors (Lipinski definition) is 3. The van der Waals surface area contributed by atoms with E-state index in [1.165, 1.54) is 36.5 Å². The molecule has 2 aromatic rings. The quantitative estimate of drug-likeness (QED) is 0.827. The van der Waals surface area contributed by atoms with Crippen LogP contribution in [0.2, 0.25) is 0 Å². The highest BCUT2D eigenvalue weighted by atomic mass is 19.4. The van der Waals surface area contributed by atoms with Gasteiger partial charge in [0.25, 0.3) is 0 Å². The van der Waals surface area contributed by atoms with E-state index in [1.807, 2.05) is 0 Å². The molecule has 1 heterocycles. The van der Waals surface area contributed by atoms with E-state index in [9.17, 15) is 18.0 Å². The molecular formula is C17H17F3N2O2. The van der Waals surface area contributed by atoms with Gasteiger partial charge in [0, 0.05) is 6.20 Å². The summed E-state index contributed by atoms with van der Waals surface area (Å²) >= 11 is 0. The number of nitrogens with one attached hydrogen (secondary N) is 1. The summed E-state index contributed by atoms with van der Waals surface area (Å²) in [6.45, 7) is 5.11. The van der Waals surface area contributed by atoms with Crippen molar-refractivity contribution in [3.05, 3.63) is 48.2 Å². The normalized spacial score (nSPS) is 11.9. The smallest absolute Gasteiger partial charge is 0.417 e. The largest absolute Gasteiger partial charge is 0.444 e. The molecule has 2 rings (SSSR count). The molecular weight excluding hydrogens is 321 g/mol. The summed E-state index contributed by atoms with van der Waals surface area (Å²) in [6, 6.07) is 8.05. The van der Waals surface area contributed by atoms with Gasteiger partial charge in [-0.2, -0.15) is 13.2 Å². The molecule has 24 heavy (non-hydrogen) atoms. The number of carbonyl (C=O) groups excluding carboxylic acids is 1. The molecule has 0 saturated carbocycles. The minimum atomic E-state index is -4.47. The molecule has 0 bridgehead atoms. The monoisotopic (exact) mass is 338 g/mol. The highest BCUT2D eigenvalue weighted by Gasteiger charge is 2.33. The van der Waals surface area contributed by atoms with E-state index >= 15 is 0 Å². The average molecular weight is 338 g/mol. The van der Waals surface area contributed by atoms with Gasteiger partial charge < -0.3 is 4.74 Å². The number of pyridine rings is 1. The number of rotatable bonds is 2. The lowest BCUT2D eigenvalue weighted by molar-refractivity contribution is -0.137. The molecule has 1 aromatic heterocycles. The fourth-order valence-electron chi connectivity index (χ4n) is 2.06. The zero-order valence-electron chi connectivity index (χ0n) is 13.4. The van der Waals surface area contributed by atoms with Gasteiger partial charge in [-0.25, -0.2) is 9.78 Å². The molecule has 128 valence electrons. The zero-order valence-corrected chi connectivity index (χ0v) is 13.4. The van der Waals surface area contributed by atoms with Crippen molar-refractivity contribution in [3.8, 4) is 11.1 Å². The van der Waals surface area contributed by atoms with Gasteiger partial charge in [0.1, 0.15) is 11.4 Å². The van der Waals surface area contributed by atoms with Crippen LogP contribution < -0.4 is 5.32 Å².